The van der Waals surface area contributed by atoms with Crippen LogP contribution in [0.2, 0.25) is 0 Å². The van der Waals surface area contributed by atoms with E-state index >= 15 is 0 Å². The van der Waals surface area contributed by atoms with Gasteiger partial charge in [-0.2, -0.15) is 0 Å². The van der Waals surface area contributed by atoms with E-state index in [9.17, 15) is 0 Å². The van der Waals surface area contributed by atoms with Gasteiger partial charge in [-0.25, -0.2) is 4.31 Å². The first-order valence-corrected chi connectivity index (χ1v) is 3.72. The van der Waals surface area contributed by atoms with Crippen molar-refractivity contribution in [1.82, 2.24) is 4.31 Å². The first-order chi connectivity index (χ1) is 4.25. The largest absolute Gasteiger partial charge is 0.395 e. The van der Waals surface area contributed by atoms with Crippen LogP contribution < -0.4 is 0 Å². The minimum absolute atomic E-state index is 0.241. The fraction of sp³-hybridized carbons (Fsp3) is 1.00. The van der Waals surface area contributed by atoms with E-state index in [-0.39, 0.29) is 12.6 Å². The Morgan fingerprint density at radius 3 is 2.67 bits per heavy atom. The van der Waals surface area contributed by atoms with Crippen LogP contribution in [0.5, 0.6) is 0 Å². The SMILES string of the molecule is CC1CCN(S)C1CO. The van der Waals surface area contributed by atoms with Crippen LogP contribution in [0.3, 0.4) is 0 Å². The molecule has 0 amide bonds. The third kappa shape index (κ3) is 1.39. The number of hydrogen-bond acceptors (Lipinski definition) is 3. The van der Waals surface area contributed by atoms with Crippen molar-refractivity contribution in [3.05, 3.63) is 0 Å². The van der Waals surface area contributed by atoms with E-state index in [1.54, 1.807) is 0 Å². The highest BCUT2D eigenvalue weighted by molar-refractivity contribution is 7.77. The second kappa shape index (κ2) is 2.90. The molecule has 0 saturated carbocycles. The van der Waals surface area contributed by atoms with Crippen LogP contribution in [-0.4, -0.2) is 28.6 Å². The first kappa shape index (κ1) is 7.38. The third-order valence-corrected chi connectivity index (χ3v) is 2.54. The Balaban J connectivity index is 2.44. The molecule has 1 heterocycles. The van der Waals surface area contributed by atoms with E-state index in [2.05, 4.69) is 19.7 Å². The van der Waals surface area contributed by atoms with Crippen molar-refractivity contribution in [3.8, 4) is 0 Å². The van der Waals surface area contributed by atoms with Gasteiger partial charge in [0.25, 0.3) is 0 Å². The van der Waals surface area contributed by atoms with Crippen molar-refractivity contribution in [2.45, 2.75) is 19.4 Å². The lowest BCUT2D eigenvalue weighted by Gasteiger charge is -2.18. The van der Waals surface area contributed by atoms with E-state index < -0.39 is 0 Å². The fourth-order valence-electron chi connectivity index (χ4n) is 1.26. The molecule has 2 unspecified atom stereocenters. The summed E-state index contributed by atoms with van der Waals surface area (Å²) in [5.41, 5.74) is 0. The van der Waals surface area contributed by atoms with Crippen LogP contribution in [0, 0.1) is 5.92 Å². The van der Waals surface area contributed by atoms with Gasteiger partial charge in [0.2, 0.25) is 0 Å². The van der Waals surface area contributed by atoms with Crippen molar-refractivity contribution < 1.29 is 5.11 Å². The van der Waals surface area contributed by atoms with Crippen LogP contribution in [0.1, 0.15) is 13.3 Å². The molecule has 1 fully saturated rings. The van der Waals surface area contributed by atoms with Gasteiger partial charge in [-0.1, -0.05) is 19.7 Å². The molecule has 1 saturated heterocycles. The molecular weight excluding hydrogens is 134 g/mol. The molecule has 9 heavy (non-hydrogen) atoms. The Kier molecular flexibility index (Phi) is 2.38. The Morgan fingerprint density at radius 2 is 2.44 bits per heavy atom. The molecule has 3 heteroatoms. The minimum atomic E-state index is 0.241. The Bertz CT molecular complexity index is 89.1. The average molecular weight is 147 g/mol. The van der Waals surface area contributed by atoms with Gasteiger partial charge >= 0.3 is 0 Å². The zero-order chi connectivity index (χ0) is 6.85. The number of aliphatic hydroxyl groups is 1. The Hall–Kier alpha value is 0.270. The maximum Gasteiger partial charge on any atom is 0.0598 e. The van der Waals surface area contributed by atoms with Gasteiger partial charge in [-0.15, -0.1) is 0 Å². The van der Waals surface area contributed by atoms with E-state index in [4.69, 9.17) is 5.11 Å². The second-order valence-electron chi connectivity index (χ2n) is 2.68. The van der Waals surface area contributed by atoms with Crippen LogP contribution in [-0.2, 0) is 0 Å². The number of thiol groups is 1. The molecule has 0 radical (unpaired) electrons. The highest BCUT2D eigenvalue weighted by Crippen LogP contribution is 2.24. The van der Waals surface area contributed by atoms with Crippen molar-refractivity contribution in [2.75, 3.05) is 13.2 Å². The molecule has 1 aliphatic rings. The number of rotatable bonds is 1. The summed E-state index contributed by atoms with van der Waals surface area (Å²) in [4.78, 5) is 0. The van der Waals surface area contributed by atoms with Gasteiger partial charge < -0.3 is 5.11 Å². The normalized spacial score (nSPS) is 37.7. The maximum absolute atomic E-state index is 8.82. The molecule has 0 aromatic heterocycles. The van der Waals surface area contributed by atoms with E-state index in [0.717, 1.165) is 13.0 Å². The summed E-state index contributed by atoms with van der Waals surface area (Å²) in [6.07, 6.45) is 1.16. The molecule has 0 aliphatic carbocycles. The molecule has 2 nitrogen and oxygen atoms in total. The quantitative estimate of drug-likeness (QED) is 0.529. The zero-order valence-corrected chi connectivity index (χ0v) is 6.51. The lowest BCUT2D eigenvalue weighted by Crippen LogP contribution is -2.27. The lowest BCUT2D eigenvalue weighted by molar-refractivity contribution is 0.199. The summed E-state index contributed by atoms with van der Waals surface area (Å²) in [6, 6.07) is 0.285. The summed E-state index contributed by atoms with van der Waals surface area (Å²) >= 11 is 4.20. The molecule has 2 atom stereocenters. The molecule has 0 aromatic rings. The van der Waals surface area contributed by atoms with Gasteiger partial charge in [0, 0.05) is 12.6 Å². The van der Waals surface area contributed by atoms with Gasteiger partial charge in [0.15, 0.2) is 0 Å². The summed E-state index contributed by atoms with van der Waals surface area (Å²) in [5.74, 6) is 0.604. The van der Waals surface area contributed by atoms with Crippen molar-refractivity contribution in [2.24, 2.45) is 5.92 Å². The molecule has 0 bridgehead atoms. The highest BCUT2D eigenvalue weighted by Gasteiger charge is 2.27. The fourth-order valence-corrected chi connectivity index (χ4v) is 1.68. The topological polar surface area (TPSA) is 23.5 Å². The van der Waals surface area contributed by atoms with Crippen molar-refractivity contribution in [1.29, 1.82) is 0 Å². The number of nitrogens with zero attached hydrogens (tertiary/aromatic N) is 1. The predicted octanol–water partition coefficient (Wildman–Crippen LogP) is 0.534. The van der Waals surface area contributed by atoms with Crippen LogP contribution in [0.25, 0.3) is 0 Å². The van der Waals surface area contributed by atoms with Crippen LogP contribution in [0.4, 0.5) is 0 Å². The average Bonchev–Trinajstić information content (AvgIpc) is 2.12. The monoisotopic (exact) mass is 147 g/mol. The van der Waals surface area contributed by atoms with Gasteiger partial charge in [0.05, 0.1) is 6.61 Å². The summed E-state index contributed by atoms with van der Waals surface area (Å²) < 4.78 is 1.92. The van der Waals surface area contributed by atoms with Crippen LogP contribution in [0.15, 0.2) is 0 Å². The second-order valence-corrected chi connectivity index (χ2v) is 3.19. The third-order valence-electron chi connectivity index (χ3n) is 2.04. The first-order valence-electron chi connectivity index (χ1n) is 3.32. The summed E-state index contributed by atoms with van der Waals surface area (Å²) in [7, 11) is 0. The Labute approximate surface area is 61.4 Å². The van der Waals surface area contributed by atoms with E-state index in [1.165, 1.54) is 0 Å². The van der Waals surface area contributed by atoms with Gasteiger partial charge in [-0.3, -0.25) is 0 Å². The van der Waals surface area contributed by atoms with Gasteiger partial charge in [0.1, 0.15) is 0 Å². The van der Waals surface area contributed by atoms with E-state index in [1.807, 2.05) is 4.31 Å². The summed E-state index contributed by atoms with van der Waals surface area (Å²) in [5, 5.41) is 8.82. The Morgan fingerprint density at radius 1 is 1.78 bits per heavy atom. The predicted molar refractivity (Wildman–Crippen MR) is 40.3 cm³/mol. The maximum atomic E-state index is 8.82. The molecule has 1 N–H and O–H groups in total. The molecule has 0 aromatic carbocycles. The molecule has 1 aliphatic heterocycles. The smallest absolute Gasteiger partial charge is 0.0598 e. The number of hydrogen-bond donors (Lipinski definition) is 2. The zero-order valence-electron chi connectivity index (χ0n) is 5.62. The molecule has 1 rings (SSSR count). The molecule has 54 valence electrons. The summed E-state index contributed by atoms with van der Waals surface area (Å²) in [6.45, 7) is 3.40. The molecule has 0 spiro atoms. The molecular formula is C6H13NOS. The van der Waals surface area contributed by atoms with Crippen molar-refractivity contribution in [3.63, 3.8) is 0 Å². The number of aliphatic hydroxyl groups excluding tert-OH is 1. The highest BCUT2D eigenvalue weighted by atomic mass is 32.1. The van der Waals surface area contributed by atoms with E-state index in [0.29, 0.717) is 5.92 Å². The van der Waals surface area contributed by atoms with Gasteiger partial charge in [-0.05, 0) is 12.3 Å². The van der Waals surface area contributed by atoms with Crippen LogP contribution >= 0.6 is 12.8 Å². The minimum Gasteiger partial charge on any atom is -0.395 e. The lowest BCUT2D eigenvalue weighted by atomic mass is 10.0. The van der Waals surface area contributed by atoms with Crippen molar-refractivity contribution >= 4 is 12.8 Å². The standard InChI is InChI=1S/C6H13NOS/c1-5-2-3-7(9)6(5)4-8/h5-6,8-9H,2-4H2,1H3.